The van der Waals surface area contributed by atoms with E-state index in [1.54, 1.807) is 18.5 Å². The van der Waals surface area contributed by atoms with Gasteiger partial charge in [-0.1, -0.05) is 0 Å². The lowest BCUT2D eigenvalue weighted by Gasteiger charge is -2.34. The van der Waals surface area contributed by atoms with Crippen LogP contribution in [0, 0.1) is 0 Å². The number of hydrogen-bond acceptors (Lipinski definition) is 5. The highest BCUT2D eigenvalue weighted by Gasteiger charge is 2.23. The molecule has 0 bridgehead atoms. The van der Waals surface area contributed by atoms with Gasteiger partial charge in [0.25, 0.3) is 5.91 Å². The first-order valence-corrected chi connectivity index (χ1v) is 7.07. The molecule has 6 nitrogen and oxygen atoms in total. The lowest BCUT2D eigenvalue weighted by molar-refractivity contribution is 0.0745. The Balaban J connectivity index is 1.62. The maximum atomic E-state index is 12.2. The summed E-state index contributed by atoms with van der Waals surface area (Å²) < 4.78 is 5.80. The highest BCUT2D eigenvalue weighted by Crippen LogP contribution is 2.14. The lowest BCUT2D eigenvalue weighted by atomic mass is 10.2. The van der Waals surface area contributed by atoms with E-state index in [9.17, 15) is 4.79 Å². The molecule has 0 N–H and O–H groups in total. The zero-order chi connectivity index (χ0) is 13.9. The summed E-state index contributed by atoms with van der Waals surface area (Å²) >= 11 is 3.31. The Bertz CT molecular complexity index is 577. The Morgan fingerprint density at radius 1 is 1.20 bits per heavy atom. The minimum absolute atomic E-state index is 0.00937. The molecule has 0 radical (unpaired) electrons. The predicted molar refractivity (Wildman–Crippen MR) is 76.6 cm³/mol. The third-order valence-electron chi connectivity index (χ3n) is 3.22. The number of nitrogens with zero attached hydrogens (tertiary/aromatic N) is 4. The molecule has 0 unspecified atom stereocenters. The Hall–Kier alpha value is -1.89. The average molecular weight is 337 g/mol. The van der Waals surface area contributed by atoms with E-state index in [0.717, 1.165) is 17.6 Å². The summed E-state index contributed by atoms with van der Waals surface area (Å²) in [7, 11) is 0. The van der Waals surface area contributed by atoms with Crippen molar-refractivity contribution >= 4 is 27.8 Å². The van der Waals surface area contributed by atoms with Gasteiger partial charge in [-0.15, -0.1) is 0 Å². The molecule has 1 aliphatic heterocycles. The van der Waals surface area contributed by atoms with Gasteiger partial charge in [0.15, 0.2) is 0 Å². The summed E-state index contributed by atoms with van der Waals surface area (Å²) in [4.78, 5) is 24.6. The predicted octanol–water partition coefficient (Wildman–Crippen LogP) is 1.79. The molecule has 0 aliphatic carbocycles. The molecule has 104 valence electrons. The van der Waals surface area contributed by atoms with Crippen LogP contribution in [0.15, 0.2) is 39.9 Å². The molecule has 0 atom stereocenters. The van der Waals surface area contributed by atoms with Gasteiger partial charge in [0.2, 0.25) is 5.95 Å². The van der Waals surface area contributed by atoms with Crippen molar-refractivity contribution in [2.24, 2.45) is 0 Å². The monoisotopic (exact) mass is 336 g/mol. The molecular weight excluding hydrogens is 324 g/mol. The SMILES string of the molecule is O=C(c1ccoc1)N1CCN(c2ncc(Br)cn2)CC1. The second-order valence-electron chi connectivity index (χ2n) is 4.49. The molecule has 1 amide bonds. The van der Waals surface area contributed by atoms with Gasteiger partial charge in [-0.3, -0.25) is 4.79 Å². The number of carbonyl (C=O) groups excluding carboxylic acids is 1. The normalized spacial score (nSPS) is 15.4. The van der Waals surface area contributed by atoms with Crippen LogP contribution in [0.2, 0.25) is 0 Å². The van der Waals surface area contributed by atoms with Gasteiger partial charge in [-0.2, -0.15) is 0 Å². The van der Waals surface area contributed by atoms with Crippen LogP contribution in [0.1, 0.15) is 10.4 Å². The van der Waals surface area contributed by atoms with E-state index in [-0.39, 0.29) is 5.91 Å². The van der Waals surface area contributed by atoms with Gasteiger partial charge in [0.05, 0.1) is 16.3 Å². The molecule has 7 heteroatoms. The number of carbonyl (C=O) groups is 1. The molecule has 0 aromatic carbocycles. The summed E-state index contributed by atoms with van der Waals surface area (Å²) in [6.07, 6.45) is 6.45. The van der Waals surface area contributed by atoms with Gasteiger partial charge in [-0.05, 0) is 22.0 Å². The maximum absolute atomic E-state index is 12.2. The Morgan fingerprint density at radius 3 is 2.50 bits per heavy atom. The minimum atomic E-state index is 0.00937. The molecular formula is C13H13BrN4O2. The molecule has 1 fully saturated rings. The van der Waals surface area contributed by atoms with Crippen molar-refractivity contribution in [1.82, 2.24) is 14.9 Å². The fraction of sp³-hybridized carbons (Fsp3) is 0.308. The van der Waals surface area contributed by atoms with Gasteiger partial charge >= 0.3 is 0 Å². The molecule has 3 heterocycles. The molecule has 1 aliphatic rings. The highest BCUT2D eigenvalue weighted by atomic mass is 79.9. The smallest absolute Gasteiger partial charge is 0.257 e. The maximum Gasteiger partial charge on any atom is 0.257 e. The Kier molecular flexibility index (Phi) is 3.68. The van der Waals surface area contributed by atoms with Gasteiger partial charge < -0.3 is 14.2 Å². The topological polar surface area (TPSA) is 62.5 Å². The Morgan fingerprint density at radius 2 is 1.90 bits per heavy atom. The fourth-order valence-electron chi connectivity index (χ4n) is 2.15. The summed E-state index contributed by atoms with van der Waals surface area (Å²) in [5, 5.41) is 0. The summed E-state index contributed by atoms with van der Waals surface area (Å²) in [6.45, 7) is 2.77. The second-order valence-corrected chi connectivity index (χ2v) is 5.41. The van der Waals surface area contributed by atoms with E-state index >= 15 is 0 Å². The van der Waals surface area contributed by atoms with Gasteiger partial charge in [0.1, 0.15) is 6.26 Å². The van der Waals surface area contributed by atoms with E-state index in [2.05, 4.69) is 30.8 Å². The van der Waals surface area contributed by atoms with Crippen LogP contribution >= 0.6 is 15.9 Å². The van der Waals surface area contributed by atoms with E-state index in [0.29, 0.717) is 24.6 Å². The van der Waals surface area contributed by atoms with Crippen LogP contribution in [-0.4, -0.2) is 47.0 Å². The highest BCUT2D eigenvalue weighted by molar-refractivity contribution is 9.10. The molecule has 0 saturated carbocycles. The van der Waals surface area contributed by atoms with Crippen molar-refractivity contribution in [3.05, 3.63) is 41.0 Å². The van der Waals surface area contributed by atoms with E-state index in [1.807, 2.05) is 4.90 Å². The zero-order valence-electron chi connectivity index (χ0n) is 10.7. The Labute approximate surface area is 124 Å². The van der Waals surface area contributed by atoms with Crippen LogP contribution in [0.4, 0.5) is 5.95 Å². The molecule has 20 heavy (non-hydrogen) atoms. The van der Waals surface area contributed by atoms with E-state index in [4.69, 9.17) is 4.42 Å². The van der Waals surface area contributed by atoms with Crippen molar-refractivity contribution in [2.75, 3.05) is 31.1 Å². The largest absolute Gasteiger partial charge is 0.472 e. The molecule has 2 aromatic rings. The van der Waals surface area contributed by atoms with Gasteiger partial charge in [0, 0.05) is 38.6 Å². The molecule has 2 aromatic heterocycles. The van der Waals surface area contributed by atoms with E-state index in [1.165, 1.54) is 12.5 Å². The number of aromatic nitrogens is 2. The van der Waals surface area contributed by atoms with Crippen molar-refractivity contribution in [1.29, 1.82) is 0 Å². The summed E-state index contributed by atoms with van der Waals surface area (Å²) in [5.41, 5.74) is 0.596. The lowest BCUT2D eigenvalue weighted by Crippen LogP contribution is -2.49. The van der Waals surface area contributed by atoms with Crippen molar-refractivity contribution < 1.29 is 9.21 Å². The third kappa shape index (κ3) is 2.67. The first kappa shape index (κ1) is 13.1. The minimum Gasteiger partial charge on any atom is -0.472 e. The van der Waals surface area contributed by atoms with Crippen LogP contribution in [0.5, 0.6) is 0 Å². The van der Waals surface area contributed by atoms with E-state index < -0.39 is 0 Å². The number of piperazine rings is 1. The quantitative estimate of drug-likeness (QED) is 0.836. The van der Waals surface area contributed by atoms with Gasteiger partial charge in [-0.25, -0.2) is 9.97 Å². The van der Waals surface area contributed by atoms with Crippen LogP contribution in [0.3, 0.4) is 0 Å². The number of furan rings is 1. The number of rotatable bonds is 2. The molecule has 3 rings (SSSR count). The first-order chi connectivity index (χ1) is 9.74. The second kappa shape index (κ2) is 5.62. The third-order valence-corrected chi connectivity index (χ3v) is 3.63. The number of anilines is 1. The summed E-state index contributed by atoms with van der Waals surface area (Å²) in [5.74, 6) is 0.707. The van der Waals surface area contributed by atoms with Crippen molar-refractivity contribution in [2.45, 2.75) is 0 Å². The number of hydrogen-bond donors (Lipinski definition) is 0. The summed E-state index contributed by atoms with van der Waals surface area (Å²) in [6, 6.07) is 1.69. The average Bonchev–Trinajstić information content (AvgIpc) is 3.02. The van der Waals surface area contributed by atoms with Crippen molar-refractivity contribution in [3.63, 3.8) is 0 Å². The van der Waals surface area contributed by atoms with Crippen molar-refractivity contribution in [3.8, 4) is 0 Å². The number of halogens is 1. The number of amides is 1. The molecule has 1 saturated heterocycles. The fourth-order valence-corrected chi connectivity index (χ4v) is 2.35. The standard InChI is InChI=1S/C13H13BrN4O2/c14-11-7-15-13(16-8-11)18-4-2-17(3-5-18)12(19)10-1-6-20-9-10/h1,6-9H,2-5H2. The van der Waals surface area contributed by atoms with Crippen LogP contribution in [0.25, 0.3) is 0 Å². The van der Waals surface area contributed by atoms with Crippen LogP contribution in [-0.2, 0) is 0 Å². The first-order valence-electron chi connectivity index (χ1n) is 6.28. The molecule has 0 spiro atoms. The van der Waals surface area contributed by atoms with Crippen LogP contribution < -0.4 is 4.90 Å². The zero-order valence-corrected chi connectivity index (χ0v) is 12.3.